The van der Waals surface area contributed by atoms with Crippen molar-refractivity contribution in [2.75, 3.05) is 17.8 Å². The highest BCUT2D eigenvalue weighted by Gasteiger charge is 2.33. The molecule has 1 aliphatic heterocycles. The number of rotatable bonds is 8. The fraction of sp³-hybridized carbons (Fsp3) is 0.259. The molecule has 1 aliphatic rings. The van der Waals surface area contributed by atoms with E-state index in [1.807, 2.05) is 32.0 Å². The third-order valence-corrected chi connectivity index (χ3v) is 7.77. The van der Waals surface area contributed by atoms with Gasteiger partial charge in [0.15, 0.2) is 11.6 Å². The summed E-state index contributed by atoms with van der Waals surface area (Å²) < 4.78 is 62.3. The number of halogens is 2. The van der Waals surface area contributed by atoms with E-state index in [9.17, 15) is 22.0 Å². The summed E-state index contributed by atoms with van der Waals surface area (Å²) in [5.41, 5.74) is 3.52. The van der Waals surface area contributed by atoms with Crippen LogP contribution in [0.1, 0.15) is 16.7 Å². The van der Waals surface area contributed by atoms with Crippen molar-refractivity contribution in [3.63, 3.8) is 0 Å². The summed E-state index contributed by atoms with van der Waals surface area (Å²) >= 11 is 0. The minimum atomic E-state index is -4.02. The van der Waals surface area contributed by atoms with Crippen LogP contribution in [-0.2, 0) is 28.3 Å². The Kier molecular flexibility index (Phi) is 7.23. The summed E-state index contributed by atoms with van der Waals surface area (Å²) in [6.45, 7) is 4.35. The Morgan fingerprint density at radius 2 is 1.80 bits per heavy atom. The first-order chi connectivity index (χ1) is 19.0. The van der Waals surface area contributed by atoms with Crippen molar-refractivity contribution < 1.29 is 26.7 Å². The maximum atomic E-state index is 13.5. The average molecular weight is 569 g/mol. The van der Waals surface area contributed by atoms with Crippen molar-refractivity contribution in [3.8, 4) is 17.1 Å². The molecule has 4 aromatic rings. The monoisotopic (exact) mass is 568 g/mol. The number of anilines is 1. The van der Waals surface area contributed by atoms with Crippen molar-refractivity contribution in [2.45, 2.75) is 31.3 Å². The highest BCUT2D eigenvalue weighted by atomic mass is 32.2. The number of amides is 1. The van der Waals surface area contributed by atoms with E-state index in [1.165, 1.54) is 28.0 Å². The Labute approximate surface area is 229 Å². The first kappa shape index (κ1) is 27.2. The first-order valence-electron chi connectivity index (χ1n) is 12.3. The molecule has 2 aromatic heterocycles. The van der Waals surface area contributed by atoms with Crippen LogP contribution in [0.4, 0.5) is 14.7 Å². The minimum Gasteiger partial charge on any atom is -0.470 e. The van der Waals surface area contributed by atoms with E-state index in [0.29, 0.717) is 11.3 Å². The van der Waals surface area contributed by atoms with Crippen LogP contribution in [0.5, 0.6) is 5.88 Å². The Hall–Kier alpha value is -4.39. The third-order valence-electron chi connectivity index (χ3n) is 6.48. The molecule has 40 heavy (non-hydrogen) atoms. The van der Waals surface area contributed by atoms with Crippen LogP contribution in [0.3, 0.4) is 0 Å². The van der Waals surface area contributed by atoms with E-state index < -0.39 is 27.8 Å². The number of nitrogens with zero attached hydrogens (tertiary/aromatic N) is 5. The van der Waals surface area contributed by atoms with E-state index in [-0.39, 0.29) is 42.1 Å². The molecule has 1 N–H and O–H groups in total. The van der Waals surface area contributed by atoms with E-state index in [2.05, 4.69) is 19.8 Å². The molecule has 1 saturated heterocycles. The number of hydrogen-bond donors (Lipinski definition) is 1. The molecule has 0 radical (unpaired) electrons. The van der Waals surface area contributed by atoms with Crippen LogP contribution >= 0.6 is 0 Å². The number of aromatic nitrogens is 4. The van der Waals surface area contributed by atoms with Crippen molar-refractivity contribution in [3.05, 3.63) is 83.2 Å². The minimum absolute atomic E-state index is 0.0484. The molecule has 0 spiro atoms. The molecule has 0 aliphatic carbocycles. The summed E-state index contributed by atoms with van der Waals surface area (Å²) in [4.78, 5) is 22.8. The van der Waals surface area contributed by atoms with Gasteiger partial charge in [0.05, 0.1) is 31.4 Å². The van der Waals surface area contributed by atoms with Crippen LogP contribution in [-0.4, -0.2) is 58.2 Å². The quantitative estimate of drug-likeness (QED) is 0.346. The van der Waals surface area contributed by atoms with Crippen LogP contribution < -0.4 is 9.46 Å². The molecule has 0 saturated carbocycles. The van der Waals surface area contributed by atoms with Gasteiger partial charge in [-0.25, -0.2) is 26.9 Å². The molecule has 0 bridgehead atoms. The Morgan fingerprint density at radius 1 is 1.07 bits per heavy atom. The van der Waals surface area contributed by atoms with Gasteiger partial charge < -0.3 is 9.64 Å². The summed E-state index contributed by atoms with van der Waals surface area (Å²) in [6.07, 6.45) is 2.09. The molecule has 3 heterocycles. The number of carbonyl (C=O) groups excluding carboxylic acids is 1. The van der Waals surface area contributed by atoms with Crippen molar-refractivity contribution in [1.29, 1.82) is 0 Å². The van der Waals surface area contributed by atoms with Gasteiger partial charge in [-0.05, 0) is 42.7 Å². The SMILES string of the molecule is Cc1cccc(C)c1-c1cc(OC2CN(C(=O)Cc3ccc(F)c(F)c3)C2)nc(NS(=O)(=O)c2cnn(C)c2)n1. The van der Waals surface area contributed by atoms with E-state index in [1.54, 1.807) is 13.1 Å². The summed E-state index contributed by atoms with van der Waals surface area (Å²) in [6, 6.07) is 10.8. The molecule has 0 atom stereocenters. The second-order valence-corrected chi connectivity index (χ2v) is 11.3. The number of likely N-dealkylation sites (tertiary alicyclic amines) is 1. The number of carbonyl (C=O) groups is 1. The molecule has 0 unspecified atom stereocenters. The lowest BCUT2D eigenvalue weighted by Crippen LogP contribution is -2.56. The number of hydrogen-bond acceptors (Lipinski definition) is 7. The molecule has 1 amide bonds. The standard InChI is InChI=1S/C27H26F2N6O4S/c1-16-5-4-6-17(2)26(16)23-11-24(32-27(31-23)33-40(37,38)20-12-30-34(3)15-20)39-19-13-35(14-19)25(36)10-18-7-8-21(28)22(29)9-18/h4-9,11-12,15,19H,10,13-14H2,1-3H3,(H,31,32,33). The van der Waals surface area contributed by atoms with E-state index in [4.69, 9.17) is 4.74 Å². The Bertz CT molecular complexity index is 1680. The van der Waals surface area contributed by atoms with Crippen molar-refractivity contribution >= 4 is 21.9 Å². The highest BCUT2D eigenvalue weighted by Crippen LogP contribution is 2.30. The Morgan fingerprint density at radius 3 is 2.45 bits per heavy atom. The molecular weight excluding hydrogens is 542 g/mol. The van der Waals surface area contributed by atoms with Gasteiger partial charge in [0.2, 0.25) is 17.7 Å². The fourth-order valence-corrected chi connectivity index (χ4v) is 5.34. The molecule has 13 heteroatoms. The second-order valence-electron chi connectivity index (χ2n) is 9.60. The maximum absolute atomic E-state index is 13.5. The highest BCUT2D eigenvalue weighted by molar-refractivity contribution is 7.92. The maximum Gasteiger partial charge on any atom is 0.267 e. The predicted molar refractivity (Wildman–Crippen MR) is 142 cm³/mol. The zero-order valence-electron chi connectivity index (χ0n) is 21.9. The van der Waals surface area contributed by atoms with Gasteiger partial charge in [0.25, 0.3) is 10.0 Å². The molecule has 5 rings (SSSR count). The number of sulfonamides is 1. The van der Waals surface area contributed by atoms with Crippen LogP contribution in [0.15, 0.2) is 59.8 Å². The number of ether oxygens (including phenoxy) is 1. The zero-order chi connectivity index (χ0) is 28.6. The zero-order valence-corrected chi connectivity index (χ0v) is 22.7. The van der Waals surface area contributed by atoms with Crippen molar-refractivity contribution in [2.24, 2.45) is 7.05 Å². The third kappa shape index (κ3) is 5.78. The van der Waals surface area contributed by atoms with Gasteiger partial charge in [0, 0.05) is 24.9 Å². The number of nitrogens with one attached hydrogen (secondary N) is 1. The van der Waals surface area contributed by atoms with E-state index >= 15 is 0 Å². The van der Waals surface area contributed by atoms with Gasteiger partial charge in [-0.15, -0.1) is 0 Å². The summed E-state index contributed by atoms with van der Waals surface area (Å²) in [5.74, 6) is -2.28. The van der Waals surface area contributed by atoms with Gasteiger partial charge in [-0.1, -0.05) is 24.3 Å². The van der Waals surface area contributed by atoms with Gasteiger partial charge in [-0.3, -0.25) is 9.48 Å². The normalized spacial score (nSPS) is 13.7. The fourth-order valence-electron chi connectivity index (χ4n) is 4.42. The van der Waals surface area contributed by atoms with Crippen LogP contribution in [0, 0.1) is 25.5 Å². The van der Waals surface area contributed by atoms with Crippen LogP contribution in [0.2, 0.25) is 0 Å². The van der Waals surface area contributed by atoms with Crippen LogP contribution in [0.25, 0.3) is 11.3 Å². The molecule has 2 aromatic carbocycles. The van der Waals surface area contributed by atoms with Crippen molar-refractivity contribution in [1.82, 2.24) is 24.6 Å². The average Bonchev–Trinajstić information content (AvgIpc) is 3.30. The smallest absolute Gasteiger partial charge is 0.267 e. The molecule has 1 fully saturated rings. The molecular formula is C27H26F2N6O4S. The lowest BCUT2D eigenvalue weighted by atomic mass is 10.00. The molecule has 208 valence electrons. The number of benzene rings is 2. The number of aryl methyl sites for hydroxylation is 3. The van der Waals surface area contributed by atoms with E-state index in [0.717, 1.165) is 28.8 Å². The second kappa shape index (κ2) is 10.6. The van der Waals surface area contributed by atoms with Gasteiger partial charge in [0.1, 0.15) is 11.0 Å². The Balaban J connectivity index is 1.35. The first-order valence-corrected chi connectivity index (χ1v) is 13.8. The topological polar surface area (TPSA) is 119 Å². The largest absolute Gasteiger partial charge is 0.470 e. The molecule has 10 nitrogen and oxygen atoms in total. The van der Waals surface area contributed by atoms with Gasteiger partial charge >= 0.3 is 0 Å². The summed E-state index contributed by atoms with van der Waals surface area (Å²) in [7, 11) is -2.42. The predicted octanol–water partition coefficient (Wildman–Crippen LogP) is 3.41. The van der Waals surface area contributed by atoms with Gasteiger partial charge in [-0.2, -0.15) is 10.1 Å². The summed E-state index contributed by atoms with van der Waals surface area (Å²) in [5, 5.41) is 3.91. The lowest BCUT2D eigenvalue weighted by Gasteiger charge is -2.38. The lowest BCUT2D eigenvalue weighted by molar-refractivity contribution is -0.139.